The molecule has 1 aliphatic heterocycles. The van der Waals surface area contributed by atoms with Crippen molar-refractivity contribution in [2.45, 2.75) is 59.5 Å². The summed E-state index contributed by atoms with van der Waals surface area (Å²) >= 11 is 0. The monoisotopic (exact) mass is 299 g/mol. The zero-order chi connectivity index (χ0) is 14.9. The number of aliphatic imine (C=N–C) groups is 1. The smallest absolute Gasteiger partial charge is 0.177 e. The van der Waals surface area contributed by atoms with Gasteiger partial charge in [-0.25, -0.2) is 0 Å². The Morgan fingerprint density at radius 1 is 1.55 bits per heavy atom. The highest BCUT2D eigenvalue weighted by molar-refractivity contribution is 8.41. The molecule has 0 aromatic carbocycles. The minimum atomic E-state index is -0.759. The largest absolute Gasteiger partial charge is 0.393 e. The number of aliphatic hydroxyl groups is 1. The summed E-state index contributed by atoms with van der Waals surface area (Å²) in [4.78, 5) is 17.2. The van der Waals surface area contributed by atoms with Crippen LogP contribution < -0.4 is 0 Å². The van der Waals surface area contributed by atoms with Crippen molar-refractivity contribution in [3.05, 3.63) is 0 Å². The molecule has 0 saturated heterocycles. The van der Waals surface area contributed by atoms with Gasteiger partial charge in [-0.2, -0.15) is 10.9 Å². The minimum absolute atomic E-state index is 0.250. The van der Waals surface area contributed by atoms with Gasteiger partial charge in [0.1, 0.15) is 0 Å². The minimum Gasteiger partial charge on any atom is -0.393 e. The van der Waals surface area contributed by atoms with Crippen LogP contribution in [0.5, 0.6) is 0 Å². The lowest BCUT2D eigenvalue weighted by atomic mass is 9.64. The van der Waals surface area contributed by atoms with E-state index >= 15 is 0 Å². The van der Waals surface area contributed by atoms with E-state index in [4.69, 9.17) is 4.99 Å². The van der Waals surface area contributed by atoms with E-state index in [2.05, 4.69) is 20.8 Å². The molecule has 0 bridgehead atoms. The Bertz CT molecular complexity index is 403. The number of hydrogen-bond acceptors (Lipinski definition) is 3. The van der Waals surface area contributed by atoms with Gasteiger partial charge in [0, 0.05) is 24.6 Å². The molecule has 2 aliphatic rings. The molecule has 1 N–H and O–H groups in total. The lowest BCUT2D eigenvalue weighted by molar-refractivity contribution is -0.112. The van der Waals surface area contributed by atoms with Gasteiger partial charge >= 0.3 is 0 Å². The summed E-state index contributed by atoms with van der Waals surface area (Å²) in [5.41, 5.74) is 0.256. The predicted octanol–water partition coefficient (Wildman–Crippen LogP) is 3.16. The molecule has 4 atom stereocenters. The Morgan fingerprint density at radius 2 is 2.25 bits per heavy atom. The zero-order valence-electron chi connectivity index (χ0n) is 13.2. The van der Waals surface area contributed by atoms with Crippen LogP contribution in [0.3, 0.4) is 0 Å². The van der Waals surface area contributed by atoms with E-state index < -0.39 is 17.0 Å². The van der Waals surface area contributed by atoms with Crippen molar-refractivity contribution in [2.75, 3.05) is 12.3 Å². The molecule has 1 aliphatic carbocycles. The Kier molecular flexibility index (Phi) is 4.96. The van der Waals surface area contributed by atoms with Gasteiger partial charge in [0.2, 0.25) is 0 Å². The Labute approximate surface area is 125 Å². The topological polar surface area (TPSA) is 49.7 Å². The summed E-state index contributed by atoms with van der Waals surface area (Å²) in [7, 11) is -0.759. The Morgan fingerprint density at radius 3 is 2.85 bits per heavy atom. The molecule has 2 rings (SSSR count). The second kappa shape index (κ2) is 6.18. The maximum atomic E-state index is 12.4. The molecule has 1 heterocycles. The summed E-state index contributed by atoms with van der Waals surface area (Å²) in [5.74, 6) is 2.00. The Balaban J connectivity index is 2.19. The number of carbonyl (C=O) groups excluding carboxylic acids is 1. The lowest BCUT2D eigenvalue weighted by Gasteiger charge is -2.44. The van der Waals surface area contributed by atoms with Gasteiger partial charge in [0.25, 0.3) is 0 Å². The second-order valence-corrected chi connectivity index (χ2v) is 9.43. The van der Waals surface area contributed by atoms with Crippen LogP contribution in [0, 0.1) is 17.3 Å². The molecule has 0 spiro atoms. The summed E-state index contributed by atoms with van der Waals surface area (Å²) in [5, 5.41) is 10.9. The summed E-state index contributed by atoms with van der Waals surface area (Å²) in [6.07, 6.45) is 3.54. The lowest BCUT2D eigenvalue weighted by Crippen LogP contribution is -2.39. The van der Waals surface area contributed by atoms with Crippen LogP contribution in [-0.4, -0.2) is 33.7 Å². The third-order valence-electron chi connectivity index (χ3n) is 4.81. The number of thiol groups is 1. The molecule has 4 unspecified atom stereocenters. The van der Waals surface area contributed by atoms with Gasteiger partial charge in [-0.3, -0.25) is 9.79 Å². The van der Waals surface area contributed by atoms with Crippen LogP contribution in [0.25, 0.3) is 0 Å². The van der Waals surface area contributed by atoms with Gasteiger partial charge in [0.05, 0.1) is 11.1 Å². The third kappa shape index (κ3) is 3.28. The first-order chi connectivity index (χ1) is 9.33. The predicted molar refractivity (Wildman–Crippen MR) is 87.7 cm³/mol. The van der Waals surface area contributed by atoms with Crippen LogP contribution in [0.1, 0.15) is 53.4 Å². The molecule has 4 heteroatoms. The van der Waals surface area contributed by atoms with Crippen molar-refractivity contribution in [1.82, 2.24) is 0 Å². The number of rotatable bonds is 3. The van der Waals surface area contributed by atoms with Crippen LogP contribution >= 0.6 is 10.9 Å². The average molecular weight is 299 g/mol. The van der Waals surface area contributed by atoms with Gasteiger partial charge in [-0.15, -0.1) is 0 Å². The highest BCUT2D eigenvalue weighted by Crippen LogP contribution is 2.51. The Hall–Kier alpha value is -0.350. The van der Waals surface area contributed by atoms with Gasteiger partial charge in [-0.1, -0.05) is 33.6 Å². The fraction of sp³-hybridized carbons (Fsp3) is 0.875. The molecular formula is C16H29NO2S. The van der Waals surface area contributed by atoms with E-state index in [0.717, 1.165) is 12.3 Å². The van der Waals surface area contributed by atoms with Crippen LogP contribution in [-0.2, 0) is 4.79 Å². The van der Waals surface area contributed by atoms with Crippen molar-refractivity contribution < 1.29 is 9.90 Å². The van der Waals surface area contributed by atoms with Crippen molar-refractivity contribution in [2.24, 2.45) is 22.2 Å². The van der Waals surface area contributed by atoms with E-state index in [0.29, 0.717) is 18.3 Å². The number of aliphatic hydroxyl groups excluding tert-OH is 1. The molecule has 0 aromatic heterocycles. The second-order valence-electron chi connectivity index (χ2n) is 7.17. The molecule has 0 amide bonds. The number of hydrogen-bond donors (Lipinski definition) is 2. The summed E-state index contributed by atoms with van der Waals surface area (Å²) in [6, 6.07) is 0. The SMILES string of the molecule is CC(O)CC(=O)[SH]1CCN=C1C1C(C)CCCC1(C)C. The summed E-state index contributed by atoms with van der Waals surface area (Å²) < 4.78 is 0. The highest BCUT2D eigenvalue weighted by atomic mass is 32.2. The van der Waals surface area contributed by atoms with Crippen molar-refractivity contribution in [3.63, 3.8) is 0 Å². The molecule has 3 nitrogen and oxygen atoms in total. The fourth-order valence-electron chi connectivity index (χ4n) is 3.92. The molecule has 20 heavy (non-hydrogen) atoms. The molecule has 1 saturated carbocycles. The van der Waals surface area contributed by atoms with E-state index in [9.17, 15) is 9.90 Å². The van der Waals surface area contributed by atoms with E-state index in [-0.39, 0.29) is 10.5 Å². The summed E-state index contributed by atoms with van der Waals surface area (Å²) in [6.45, 7) is 9.50. The van der Waals surface area contributed by atoms with Gasteiger partial charge in [-0.05, 0) is 24.7 Å². The van der Waals surface area contributed by atoms with Crippen molar-refractivity contribution in [3.8, 4) is 0 Å². The highest BCUT2D eigenvalue weighted by Gasteiger charge is 2.43. The normalized spacial score (nSPS) is 36.5. The molecule has 1 fully saturated rings. The van der Waals surface area contributed by atoms with Crippen molar-refractivity contribution in [1.29, 1.82) is 0 Å². The number of carbonyl (C=O) groups is 1. The van der Waals surface area contributed by atoms with Gasteiger partial charge < -0.3 is 5.11 Å². The van der Waals surface area contributed by atoms with E-state index in [1.54, 1.807) is 6.92 Å². The molecular weight excluding hydrogens is 270 g/mol. The first-order valence-electron chi connectivity index (χ1n) is 7.85. The first kappa shape index (κ1) is 16.0. The zero-order valence-corrected chi connectivity index (χ0v) is 14.1. The maximum absolute atomic E-state index is 12.4. The molecule has 0 radical (unpaired) electrons. The van der Waals surface area contributed by atoms with Crippen LogP contribution in [0.15, 0.2) is 4.99 Å². The molecule has 116 valence electrons. The number of nitrogens with zero attached hydrogens (tertiary/aromatic N) is 1. The average Bonchev–Trinajstić information content (AvgIpc) is 2.75. The van der Waals surface area contributed by atoms with Crippen LogP contribution in [0.4, 0.5) is 0 Å². The molecule has 0 aromatic rings. The van der Waals surface area contributed by atoms with Crippen molar-refractivity contribution >= 4 is 21.1 Å². The standard InChI is InChI=1S/C16H29NO2S/c1-11-6-5-7-16(3,4)14(11)15-17-8-9-20(15)13(19)10-12(2)18/h11-12,14,18,20H,5-10H2,1-4H3. The fourth-order valence-corrected chi connectivity index (χ4v) is 6.65. The van der Waals surface area contributed by atoms with E-state index in [1.165, 1.54) is 24.3 Å². The van der Waals surface area contributed by atoms with Gasteiger partial charge in [0.15, 0.2) is 5.12 Å². The first-order valence-corrected chi connectivity index (χ1v) is 9.38. The maximum Gasteiger partial charge on any atom is 0.177 e. The van der Waals surface area contributed by atoms with Crippen LogP contribution in [0.2, 0.25) is 0 Å². The quantitative estimate of drug-likeness (QED) is 0.787. The third-order valence-corrected chi connectivity index (χ3v) is 7.22. The van der Waals surface area contributed by atoms with E-state index in [1.807, 2.05) is 0 Å².